The molecule has 4 rings (SSSR count). The SMILES string of the molecule is O=C(NCc1ccc(OCc2ccccn2)cc1)c1cc2ccccc2[nH]1. The standard InChI is InChI=1S/C22H19N3O2/c26-22(21-13-17-5-1-2-7-20(17)25-21)24-14-16-8-10-19(11-9-16)27-15-18-6-3-4-12-23-18/h1-13,25H,14-15H2,(H,24,26). The minimum Gasteiger partial charge on any atom is -0.487 e. The van der Waals surface area contributed by atoms with Gasteiger partial charge in [0, 0.05) is 23.6 Å². The van der Waals surface area contributed by atoms with Gasteiger partial charge in [-0.2, -0.15) is 0 Å². The van der Waals surface area contributed by atoms with Crippen LogP contribution in [0.5, 0.6) is 5.75 Å². The number of amides is 1. The van der Waals surface area contributed by atoms with Crippen molar-refractivity contribution >= 4 is 16.8 Å². The molecule has 134 valence electrons. The Hall–Kier alpha value is -3.60. The second-order valence-corrected chi connectivity index (χ2v) is 6.21. The first kappa shape index (κ1) is 16.8. The fraction of sp³-hybridized carbons (Fsp3) is 0.0909. The molecule has 0 fully saturated rings. The average molecular weight is 357 g/mol. The van der Waals surface area contributed by atoms with Crippen molar-refractivity contribution in [1.82, 2.24) is 15.3 Å². The Kier molecular flexibility index (Phi) is 4.83. The number of aromatic nitrogens is 2. The van der Waals surface area contributed by atoms with Crippen LogP contribution in [-0.2, 0) is 13.2 Å². The van der Waals surface area contributed by atoms with E-state index in [9.17, 15) is 4.79 Å². The summed E-state index contributed by atoms with van der Waals surface area (Å²) < 4.78 is 5.72. The van der Waals surface area contributed by atoms with E-state index in [-0.39, 0.29) is 5.91 Å². The highest BCUT2D eigenvalue weighted by atomic mass is 16.5. The minimum atomic E-state index is -0.123. The summed E-state index contributed by atoms with van der Waals surface area (Å²) >= 11 is 0. The molecule has 0 saturated heterocycles. The normalized spacial score (nSPS) is 10.7. The zero-order valence-corrected chi connectivity index (χ0v) is 14.7. The van der Waals surface area contributed by atoms with E-state index >= 15 is 0 Å². The van der Waals surface area contributed by atoms with E-state index in [0.29, 0.717) is 18.8 Å². The van der Waals surface area contributed by atoms with Crippen LogP contribution in [0.15, 0.2) is 79.0 Å². The molecule has 0 aliphatic rings. The van der Waals surface area contributed by atoms with E-state index in [1.54, 1.807) is 6.20 Å². The summed E-state index contributed by atoms with van der Waals surface area (Å²) in [4.78, 5) is 19.7. The van der Waals surface area contributed by atoms with Gasteiger partial charge >= 0.3 is 0 Å². The fourth-order valence-electron chi connectivity index (χ4n) is 2.82. The number of nitrogens with one attached hydrogen (secondary N) is 2. The molecule has 4 aromatic rings. The lowest BCUT2D eigenvalue weighted by atomic mass is 10.2. The maximum Gasteiger partial charge on any atom is 0.267 e. The fourth-order valence-corrected chi connectivity index (χ4v) is 2.82. The summed E-state index contributed by atoms with van der Waals surface area (Å²) in [6, 6.07) is 23.1. The van der Waals surface area contributed by atoms with Crippen LogP contribution >= 0.6 is 0 Å². The number of carbonyl (C=O) groups is 1. The third kappa shape index (κ3) is 4.15. The first-order chi connectivity index (χ1) is 13.3. The molecule has 5 heteroatoms. The molecule has 1 amide bonds. The van der Waals surface area contributed by atoms with Gasteiger partial charge in [-0.1, -0.05) is 36.4 Å². The molecule has 0 aliphatic carbocycles. The lowest BCUT2D eigenvalue weighted by Crippen LogP contribution is -2.23. The lowest BCUT2D eigenvalue weighted by molar-refractivity contribution is 0.0947. The number of H-pyrrole nitrogens is 1. The maximum absolute atomic E-state index is 12.3. The van der Waals surface area contributed by atoms with Crippen molar-refractivity contribution in [3.05, 3.63) is 95.9 Å². The Labute approximate surface area is 157 Å². The molecule has 0 bridgehead atoms. The van der Waals surface area contributed by atoms with Gasteiger partial charge in [-0.3, -0.25) is 9.78 Å². The van der Waals surface area contributed by atoms with E-state index in [1.165, 1.54) is 0 Å². The number of nitrogens with zero attached hydrogens (tertiary/aromatic N) is 1. The summed E-state index contributed by atoms with van der Waals surface area (Å²) in [6.45, 7) is 0.881. The number of para-hydroxylation sites is 1. The van der Waals surface area contributed by atoms with Crippen LogP contribution in [-0.4, -0.2) is 15.9 Å². The van der Waals surface area contributed by atoms with Crippen LogP contribution in [0.1, 0.15) is 21.7 Å². The second-order valence-electron chi connectivity index (χ2n) is 6.21. The van der Waals surface area contributed by atoms with E-state index in [0.717, 1.165) is 27.9 Å². The van der Waals surface area contributed by atoms with Crippen LogP contribution in [0.25, 0.3) is 10.9 Å². The second kappa shape index (κ2) is 7.74. The Bertz CT molecular complexity index is 1010. The quantitative estimate of drug-likeness (QED) is 0.547. The number of ether oxygens (including phenoxy) is 1. The van der Waals surface area contributed by atoms with Gasteiger partial charge in [0.2, 0.25) is 0 Å². The third-order valence-electron chi connectivity index (χ3n) is 4.26. The first-order valence-corrected chi connectivity index (χ1v) is 8.75. The topological polar surface area (TPSA) is 67.0 Å². The van der Waals surface area contributed by atoms with Crippen LogP contribution in [0.3, 0.4) is 0 Å². The molecule has 0 spiro atoms. The van der Waals surface area contributed by atoms with Crippen LogP contribution in [0.2, 0.25) is 0 Å². The molecule has 2 aromatic heterocycles. The van der Waals surface area contributed by atoms with Gasteiger partial charge in [0.25, 0.3) is 5.91 Å². The van der Waals surface area contributed by atoms with E-state index < -0.39 is 0 Å². The molecule has 0 radical (unpaired) electrons. The molecule has 0 atom stereocenters. The monoisotopic (exact) mass is 357 g/mol. The number of pyridine rings is 1. The summed E-state index contributed by atoms with van der Waals surface area (Å²) in [6.07, 6.45) is 1.75. The first-order valence-electron chi connectivity index (χ1n) is 8.75. The summed E-state index contributed by atoms with van der Waals surface area (Å²) in [7, 11) is 0. The van der Waals surface area contributed by atoms with Crippen molar-refractivity contribution in [3.8, 4) is 5.75 Å². The lowest BCUT2D eigenvalue weighted by Gasteiger charge is -2.08. The van der Waals surface area contributed by atoms with Crippen molar-refractivity contribution in [2.45, 2.75) is 13.2 Å². The van der Waals surface area contributed by atoms with E-state index in [2.05, 4.69) is 15.3 Å². The van der Waals surface area contributed by atoms with Gasteiger partial charge < -0.3 is 15.0 Å². The molecule has 0 saturated carbocycles. The smallest absolute Gasteiger partial charge is 0.267 e. The highest BCUT2D eigenvalue weighted by Gasteiger charge is 2.09. The minimum absolute atomic E-state index is 0.123. The summed E-state index contributed by atoms with van der Waals surface area (Å²) in [5, 5.41) is 3.96. The van der Waals surface area contributed by atoms with Crippen molar-refractivity contribution in [3.63, 3.8) is 0 Å². The van der Waals surface area contributed by atoms with Gasteiger partial charge in [-0.05, 0) is 42.0 Å². The van der Waals surface area contributed by atoms with Gasteiger partial charge in [-0.15, -0.1) is 0 Å². The molecular formula is C22H19N3O2. The van der Waals surface area contributed by atoms with Crippen LogP contribution in [0.4, 0.5) is 0 Å². The van der Waals surface area contributed by atoms with Crippen molar-refractivity contribution in [1.29, 1.82) is 0 Å². The third-order valence-corrected chi connectivity index (χ3v) is 4.26. The highest BCUT2D eigenvalue weighted by Crippen LogP contribution is 2.16. The largest absolute Gasteiger partial charge is 0.487 e. The summed E-state index contributed by atoms with van der Waals surface area (Å²) in [5.41, 5.74) is 3.40. The van der Waals surface area contributed by atoms with Crippen molar-refractivity contribution in [2.24, 2.45) is 0 Å². The van der Waals surface area contributed by atoms with Gasteiger partial charge in [0.1, 0.15) is 18.1 Å². The van der Waals surface area contributed by atoms with Gasteiger partial charge in [0.15, 0.2) is 0 Å². The molecule has 0 aliphatic heterocycles. The Morgan fingerprint density at radius 3 is 2.59 bits per heavy atom. The molecule has 2 N–H and O–H groups in total. The number of hydrogen-bond donors (Lipinski definition) is 2. The van der Waals surface area contributed by atoms with Crippen LogP contribution in [0, 0.1) is 0 Å². The Balaban J connectivity index is 1.32. The van der Waals surface area contributed by atoms with E-state index in [4.69, 9.17) is 4.74 Å². The number of hydrogen-bond acceptors (Lipinski definition) is 3. The molecule has 0 unspecified atom stereocenters. The molecule has 2 aromatic carbocycles. The predicted octanol–water partition coefficient (Wildman–Crippen LogP) is 4.07. The van der Waals surface area contributed by atoms with Gasteiger partial charge in [-0.25, -0.2) is 0 Å². The number of benzene rings is 2. The predicted molar refractivity (Wildman–Crippen MR) is 104 cm³/mol. The zero-order chi connectivity index (χ0) is 18.5. The Morgan fingerprint density at radius 1 is 1.00 bits per heavy atom. The molecule has 27 heavy (non-hydrogen) atoms. The van der Waals surface area contributed by atoms with Crippen LogP contribution < -0.4 is 10.1 Å². The number of carbonyl (C=O) groups excluding carboxylic acids is 1. The molecular weight excluding hydrogens is 338 g/mol. The summed E-state index contributed by atoms with van der Waals surface area (Å²) in [5.74, 6) is 0.646. The van der Waals surface area contributed by atoms with Gasteiger partial charge in [0.05, 0.1) is 5.69 Å². The average Bonchev–Trinajstić information content (AvgIpc) is 3.16. The number of rotatable bonds is 6. The maximum atomic E-state index is 12.3. The van der Waals surface area contributed by atoms with E-state index in [1.807, 2.05) is 72.8 Å². The number of fused-ring (bicyclic) bond motifs is 1. The van der Waals surface area contributed by atoms with Crippen molar-refractivity contribution < 1.29 is 9.53 Å². The van der Waals surface area contributed by atoms with Crippen molar-refractivity contribution in [2.75, 3.05) is 0 Å². The Morgan fingerprint density at radius 2 is 1.81 bits per heavy atom. The zero-order valence-electron chi connectivity index (χ0n) is 14.7. The molecule has 2 heterocycles. The molecule has 5 nitrogen and oxygen atoms in total. The highest BCUT2D eigenvalue weighted by molar-refractivity contribution is 5.97. The number of aromatic amines is 1.